The van der Waals surface area contributed by atoms with Crippen molar-refractivity contribution in [2.75, 3.05) is 6.61 Å². The van der Waals surface area contributed by atoms with Crippen LogP contribution in [-0.2, 0) is 0 Å². The molecule has 0 heterocycles. The second-order valence-electron chi connectivity index (χ2n) is 3.43. The first-order chi connectivity index (χ1) is 6.09. The van der Waals surface area contributed by atoms with Gasteiger partial charge in [-0.15, -0.1) is 0 Å². The van der Waals surface area contributed by atoms with Crippen molar-refractivity contribution in [3.8, 4) is 5.75 Å². The van der Waals surface area contributed by atoms with Gasteiger partial charge in [0, 0.05) is 0 Å². The van der Waals surface area contributed by atoms with Crippen LogP contribution < -0.4 is 4.74 Å². The summed E-state index contributed by atoms with van der Waals surface area (Å²) in [6.45, 7) is 6.08. The molecule has 2 heteroatoms. The van der Waals surface area contributed by atoms with E-state index in [0.717, 1.165) is 11.3 Å². The van der Waals surface area contributed by atoms with E-state index in [2.05, 4.69) is 0 Å². The third-order valence-corrected chi connectivity index (χ3v) is 1.82. The highest BCUT2D eigenvalue weighted by Crippen LogP contribution is 2.18. The van der Waals surface area contributed by atoms with E-state index in [9.17, 15) is 0 Å². The SMILES string of the molecule is Cc1ccc(C)c(OC[C@@H](C)O)c1. The van der Waals surface area contributed by atoms with Gasteiger partial charge in [-0.2, -0.15) is 0 Å². The van der Waals surface area contributed by atoms with E-state index >= 15 is 0 Å². The Morgan fingerprint density at radius 3 is 2.69 bits per heavy atom. The lowest BCUT2D eigenvalue weighted by Crippen LogP contribution is -2.13. The van der Waals surface area contributed by atoms with Crippen LogP contribution in [0.2, 0.25) is 0 Å². The number of rotatable bonds is 3. The molecule has 0 aliphatic rings. The van der Waals surface area contributed by atoms with Crippen LogP contribution >= 0.6 is 0 Å². The monoisotopic (exact) mass is 180 g/mol. The molecule has 0 fully saturated rings. The van der Waals surface area contributed by atoms with Crippen molar-refractivity contribution in [1.82, 2.24) is 0 Å². The molecule has 1 aromatic carbocycles. The fourth-order valence-electron chi connectivity index (χ4n) is 1.07. The number of aliphatic hydroxyl groups is 1. The molecule has 0 saturated carbocycles. The third-order valence-electron chi connectivity index (χ3n) is 1.82. The normalized spacial score (nSPS) is 12.6. The van der Waals surface area contributed by atoms with Gasteiger partial charge in [-0.25, -0.2) is 0 Å². The Hall–Kier alpha value is -1.02. The summed E-state index contributed by atoms with van der Waals surface area (Å²) in [5.74, 6) is 0.862. The predicted octanol–water partition coefficient (Wildman–Crippen LogP) is 2.06. The van der Waals surface area contributed by atoms with Gasteiger partial charge in [0.15, 0.2) is 0 Å². The van der Waals surface area contributed by atoms with Crippen LogP contribution in [0.3, 0.4) is 0 Å². The summed E-state index contributed by atoms with van der Waals surface area (Å²) in [5, 5.41) is 9.05. The Kier molecular flexibility index (Phi) is 3.32. The number of ether oxygens (including phenoxy) is 1. The lowest BCUT2D eigenvalue weighted by atomic mass is 10.1. The number of aliphatic hydroxyl groups excluding tert-OH is 1. The minimum Gasteiger partial charge on any atom is -0.491 e. The molecular weight excluding hydrogens is 164 g/mol. The van der Waals surface area contributed by atoms with E-state index in [1.165, 1.54) is 5.56 Å². The van der Waals surface area contributed by atoms with Crippen LogP contribution in [0.25, 0.3) is 0 Å². The molecule has 1 rings (SSSR count). The van der Waals surface area contributed by atoms with Crippen LogP contribution in [0.5, 0.6) is 5.75 Å². The second-order valence-corrected chi connectivity index (χ2v) is 3.43. The second kappa shape index (κ2) is 4.28. The zero-order valence-electron chi connectivity index (χ0n) is 8.37. The van der Waals surface area contributed by atoms with E-state index in [1.54, 1.807) is 6.92 Å². The summed E-state index contributed by atoms with van der Waals surface area (Å²) in [4.78, 5) is 0. The fraction of sp³-hybridized carbons (Fsp3) is 0.455. The Bertz CT molecular complexity index is 279. The fourth-order valence-corrected chi connectivity index (χ4v) is 1.07. The van der Waals surface area contributed by atoms with E-state index in [4.69, 9.17) is 9.84 Å². The zero-order valence-corrected chi connectivity index (χ0v) is 8.37. The Morgan fingerprint density at radius 1 is 1.38 bits per heavy atom. The molecule has 0 bridgehead atoms. The van der Waals surface area contributed by atoms with E-state index in [-0.39, 0.29) is 0 Å². The van der Waals surface area contributed by atoms with Crippen LogP contribution in [0.15, 0.2) is 18.2 Å². The number of benzene rings is 1. The first kappa shape index (κ1) is 10.1. The van der Waals surface area contributed by atoms with E-state index in [1.807, 2.05) is 32.0 Å². The zero-order chi connectivity index (χ0) is 9.84. The van der Waals surface area contributed by atoms with Gasteiger partial charge >= 0.3 is 0 Å². The smallest absolute Gasteiger partial charge is 0.122 e. The van der Waals surface area contributed by atoms with Gasteiger partial charge in [-0.05, 0) is 38.0 Å². The molecule has 0 aliphatic carbocycles. The summed E-state index contributed by atoms with van der Waals surface area (Å²) in [5.41, 5.74) is 2.28. The van der Waals surface area contributed by atoms with Crippen molar-refractivity contribution < 1.29 is 9.84 Å². The molecule has 0 radical (unpaired) electrons. The summed E-state index contributed by atoms with van der Waals surface area (Å²) in [6.07, 6.45) is -0.417. The third kappa shape index (κ3) is 3.07. The minimum atomic E-state index is -0.417. The Morgan fingerprint density at radius 2 is 2.08 bits per heavy atom. The van der Waals surface area contributed by atoms with Crippen molar-refractivity contribution in [3.63, 3.8) is 0 Å². The molecule has 0 saturated heterocycles. The standard InChI is InChI=1S/C11H16O2/c1-8-4-5-9(2)11(6-8)13-7-10(3)12/h4-6,10,12H,7H2,1-3H3/t10-/m1/s1. The van der Waals surface area contributed by atoms with Gasteiger partial charge in [0.05, 0.1) is 6.10 Å². The summed E-state index contributed by atoms with van der Waals surface area (Å²) < 4.78 is 5.43. The van der Waals surface area contributed by atoms with Crippen LogP contribution in [0.1, 0.15) is 18.1 Å². The molecule has 0 aromatic heterocycles. The van der Waals surface area contributed by atoms with Crippen molar-refractivity contribution in [1.29, 1.82) is 0 Å². The van der Waals surface area contributed by atoms with Gasteiger partial charge < -0.3 is 9.84 Å². The highest BCUT2D eigenvalue weighted by molar-refractivity contribution is 5.35. The topological polar surface area (TPSA) is 29.5 Å². The average Bonchev–Trinajstić information content (AvgIpc) is 2.06. The lowest BCUT2D eigenvalue weighted by molar-refractivity contribution is 0.122. The molecule has 0 spiro atoms. The van der Waals surface area contributed by atoms with Crippen LogP contribution in [0, 0.1) is 13.8 Å². The van der Waals surface area contributed by atoms with Crippen molar-refractivity contribution in [2.45, 2.75) is 26.9 Å². The van der Waals surface area contributed by atoms with Crippen LogP contribution in [0.4, 0.5) is 0 Å². The van der Waals surface area contributed by atoms with Crippen molar-refractivity contribution >= 4 is 0 Å². The maximum Gasteiger partial charge on any atom is 0.122 e. The average molecular weight is 180 g/mol. The van der Waals surface area contributed by atoms with E-state index in [0.29, 0.717) is 6.61 Å². The summed E-state index contributed by atoms with van der Waals surface area (Å²) in [7, 11) is 0. The van der Waals surface area contributed by atoms with Gasteiger partial charge in [-0.1, -0.05) is 12.1 Å². The largest absolute Gasteiger partial charge is 0.491 e. The molecule has 0 amide bonds. The Labute approximate surface area is 79.2 Å². The highest BCUT2D eigenvalue weighted by Gasteiger charge is 2.01. The van der Waals surface area contributed by atoms with Crippen molar-refractivity contribution in [3.05, 3.63) is 29.3 Å². The molecule has 1 aromatic rings. The van der Waals surface area contributed by atoms with Gasteiger partial charge in [0.1, 0.15) is 12.4 Å². The molecule has 13 heavy (non-hydrogen) atoms. The first-order valence-corrected chi connectivity index (χ1v) is 4.47. The molecule has 2 nitrogen and oxygen atoms in total. The summed E-state index contributed by atoms with van der Waals surface area (Å²) >= 11 is 0. The highest BCUT2D eigenvalue weighted by atomic mass is 16.5. The summed E-state index contributed by atoms with van der Waals surface area (Å²) in [6, 6.07) is 6.05. The quantitative estimate of drug-likeness (QED) is 0.771. The van der Waals surface area contributed by atoms with Gasteiger partial charge in [0.25, 0.3) is 0 Å². The van der Waals surface area contributed by atoms with Gasteiger partial charge in [0.2, 0.25) is 0 Å². The minimum absolute atomic E-state index is 0.351. The predicted molar refractivity (Wildman–Crippen MR) is 53.1 cm³/mol. The van der Waals surface area contributed by atoms with Crippen molar-refractivity contribution in [2.24, 2.45) is 0 Å². The van der Waals surface area contributed by atoms with E-state index < -0.39 is 6.10 Å². The number of hydrogen-bond donors (Lipinski definition) is 1. The lowest BCUT2D eigenvalue weighted by Gasteiger charge is -2.10. The Balaban J connectivity index is 2.70. The molecule has 0 aliphatic heterocycles. The van der Waals surface area contributed by atoms with Crippen LogP contribution in [-0.4, -0.2) is 17.8 Å². The molecule has 1 atom stereocenters. The number of hydrogen-bond acceptors (Lipinski definition) is 2. The molecule has 0 unspecified atom stereocenters. The molecule has 72 valence electrons. The maximum absolute atomic E-state index is 9.05. The first-order valence-electron chi connectivity index (χ1n) is 4.47. The molecular formula is C11H16O2. The van der Waals surface area contributed by atoms with Gasteiger partial charge in [-0.3, -0.25) is 0 Å². The molecule has 1 N–H and O–H groups in total. The maximum atomic E-state index is 9.05. The number of aryl methyl sites for hydroxylation is 2.